The van der Waals surface area contributed by atoms with Gasteiger partial charge in [-0.3, -0.25) is 9.69 Å². The van der Waals surface area contributed by atoms with E-state index in [1.807, 2.05) is 31.2 Å². The second-order valence-electron chi connectivity index (χ2n) is 5.08. The smallest absolute Gasteiger partial charge is 0.177 e. The van der Waals surface area contributed by atoms with Crippen molar-refractivity contribution in [3.05, 3.63) is 35.4 Å². The summed E-state index contributed by atoms with van der Waals surface area (Å²) < 4.78 is 5.17. The Bertz CT molecular complexity index is 417. The Morgan fingerprint density at radius 1 is 1.44 bits per heavy atom. The van der Waals surface area contributed by atoms with Crippen molar-refractivity contribution in [1.29, 1.82) is 0 Å². The molecular weight excluding hydrogens is 226 g/mol. The largest absolute Gasteiger partial charge is 0.384 e. The van der Waals surface area contributed by atoms with Crippen LogP contribution in [0.3, 0.4) is 0 Å². The minimum atomic E-state index is 0.228. The van der Waals surface area contributed by atoms with Gasteiger partial charge in [0.25, 0.3) is 0 Å². The average Bonchev–Trinajstić information content (AvgIpc) is 2.77. The van der Waals surface area contributed by atoms with Crippen LogP contribution in [-0.4, -0.2) is 44.0 Å². The lowest BCUT2D eigenvalue weighted by atomic mass is 10.0. The SMILES string of the molecule is COCC1CCN(CC(=O)c2ccccc2C)C1. The van der Waals surface area contributed by atoms with Crippen molar-refractivity contribution in [2.75, 3.05) is 33.4 Å². The van der Waals surface area contributed by atoms with Crippen molar-refractivity contribution in [3.8, 4) is 0 Å². The van der Waals surface area contributed by atoms with Crippen LogP contribution < -0.4 is 0 Å². The summed E-state index contributed by atoms with van der Waals surface area (Å²) in [5.41, 5.74) is 1.92. The van der Waals surface area contributed by atoms with Crippen molar-refractivity contribution < 1.29 is 9.53 Å². The molecule has 1 fully saturated rings. The number of aryl methyl sites for hydroxylation is 1. The van der Waals surface area contributed by atoms with Crippen molar-refractivity contribution in [1.82, 2.24) is 4.90 Å². The molecule has 0 aliphatic carbocycles. The van der Waals surface area contributed by atoms with Gasteiger partial charge in [0.2, 0.25) is 0 Å². The van der Waals surface area contributed by atoms with E-state index in [0.29, 0.717) is 12.5 Å². The monoisotopic (exact) mass is 247 g/mol. The Morgan fingerprint density at radius 3 is 2.94 bits per heavy atom. The highest BCUT2D eigenvalue weighted by atomic mass is 16.5. The molecular formula is C15H21NO2. The lowest BCUT2D eigenvalue weighted by molar-refractivity contribution is 0.0936. The average molecular weight is 247 g/mol. The Hall–Kier alpha value is -1.19. The molecule has 0 spiro atoms. The van der Waals surface area contributed by atoms with Crippen LogP contribution in [0.4, 0.5) is 0 Å². The van der Waals surface area contributed by atoms with E-state index in [9.17, 15) is 4.79 Å². The maximum atomic E-state index is 12.2. The van der Waals surface area contributed by atoms with Gasteiger partial charge in [-0.1, -0.05) is 24.3 Å². The van der Waals surface area contributed by atoms with E-state index in [1.54, 1.807) is 7.11 Å². The van der Waals surface area contributed by atoms with E-state index in [0.717, 1.165) is 37.2 Å². The Morgan fingerprint density at radius 2 is 2.22 bits per heavy atom. The van der Waals surface area contributed by atoms with Crippen molar-refractivity contribution >= 4 is 5.78 Å². The lowest BCUT2D eigenvalue weighted by Crippen LogP contribution is -2.28. The number of methoxy groups -OCH3 is 1. The number of hydrogen-bond acceptors (Lipinski definition) is 3. The molecule has 98 valence electrons. The summed E-state index contributed by atoms with van der Waals surface area (Å²) in [6, 6.07) is 7.81. The molecule has 1 aromatic carbocycles. The normalized spacial score (nSPS) is 20.2. The van der Waals surface area contributed by atoms with Gasteiger partial charge in [-0.25, -0.2) is 0 Å². The standard InChI is InChI=1S/C15H21NO2/c1-12-5-3-4-6-14(12)15(17)10-16-8-7-13(9-16)11-18-2/h3-6,13H,7-11H2,1-2H3. The van der Waals surface area contributed by atoms with E-state index in [1.165, 1.54) is 0 Å². The number of Topliss-reactive ketones (excluding diaryl/α,β-unsaturated/α-hetero) is 1. The summed E-state index contributed by atoms with van der Waals surface area (Å²) in [6.07, 6.45) is 1.13. The molecule has 0 bridgehead atoms. The molecule has 1 heterocycles. The predicted molar refractivity (Wildman–Crippen MR) is 71.9 cm³/mol. The topological polar surface area (TPSA) is 29.5 Å². The fourth-order valence-corrected chi connectivity index (χ4v) is 2.60. The molecule has 1 saturated heterocycles. The van der Waals surface area contributed by atoms with E-state index >= 15 is 0 Å². The highest BCUT2D eigenvalue weighted by molar-refractivity contribution is 5.98. The van der Waals surface area contributed by atoms with Crippen LogP contribution in [0.2, 0.25) is 0 Å². The molecule has 0 N–H and O–H groups in total. The maximum Gasteiger partial charge on any atom is 0.177 e. The van der Waals surface area contributed by atoms with Crippen LogP contribution in [0.1, 0.15) is 22.3 Å². The van der Waals surface area contributed by atoms with Gasteiger partial charge < -0.3 is 4.74 Å². The van der Waals surface area contributed by atoms with E-state index in [-0.39, 0.29) is 5.78 Å². The van der Waals surface area contributed by atoms with Crippen LogP contribution in [0.15, 0.2) is 24.3 Å². The Kier molecular flexibility index (Phi) is 4.50. The summed E-state index contributed by atoms with van der Waals surface area (Å²) in [5.74, 6) is 0.811. The first-order valence-electron chi connectivity index (χ1n) is 6.51. The van der Waals surface area contributed by atoms with Crippen LogP contribution in [-0.2, 0) is 4.74 Å². The summed E-state index contributed by atoms with van der Waals surface area (Å²) in [7, 11) is 1.74. The third-order valence-corrected chi connectivity index (χ3v) is 3.59. The number of ketones is 1. The highest BCUT2D eigenvalue weighted by Crippen LogP contribution is 2.17. The van der Waals surface area contributed by atoms with Gasteiger partial charge in [-0.2, -0.15) is 0 Å². The molecule has 1 aliphatic rings. The molecule has 1 aliphatic heterocycles. The summed E-state index contributed by atoms with van der Waals surface area (Å²) >= 11 is 0. The van der Waals surface area contributed by atoms with Crippen LogP contribution in [0.5, 0.6) is 0 Å². The molecule has 3 nitrogen and oxygen atoms in total. The van der Waals surface area contributed by atoms with Crippen LogP contribution in [0.25, 0.3) is 0 Å². The van der Waals surface area contributed by atoms with Gasteiger partial charge in [0.15, 0.2) is 5.78 Å². The third-order valence-electron chi connectivity index (χ3n) is 3.59. The second kappa shape index (κ2) is 6.12. The number of rotatable bonds is 5. The molecule has 0 saturated carbocycles. The quantitative estimate of drug-likeness (QED) is 0.747. The molecule has 2 rings (SSSR count). The molecule has 1 unspecified atom stereocenters. The van der Waals surface area contributed by atoms with Gasteiger partial charge in [0.1, 0.15) is 0 Å². The van der Waals surface area contributed by atoms with Gasteiger partial charge in [-0.15, -0.1) is 0 Å². The Labute approximate surface area is 109 Å². The summed E-state index contributed by atoms with van der Waals surface area (Å²) in [6.45, 7) is 5.31. The van der Waals surface area contributed by atoms with E-state index in [4.69, 9.17) is 4.74 Å². The zero-order valence-corrected chi connectivity index (χ0v) is 11.2. The molecule has 0 amide bonds. The van der Waals surface area contributed by atoms with Gasteiger partial charge >= 0.3 is 0 Å². The van der Waals surface area contributed by atoms with Crippen molar-refractivity contribution in [2.24, 2.45) is 5.92 Å². The molecule has 0 radical (unpaired) electrons. The number of carbonyl (C=O) groups is 1. The van der Waals surface area contributed by atoms with E-state index in [2.05, 4.69) is 4.90 Å². The minimum absolute atomic E-state index is 0.228. The highest BCUT2D eigenvalue weighted by Gasteiger charge is 2.24. The van der Waals surface area contributed by atoms with Crippen molar-refractivity contribution in [3.63, 3.8) is 0 Å². The number of likely N-dealkylation sites (tertiary alicyclic amines) is 1. The number of nitrogens with zero attached hydrogens (tertiary/aromatic N) is 1. The zero-order chi connectivity index (χ0) is 13.0. The number of hydrogen-bond donors (Lipinski definition) is 0. The number of ether oxygens (including phenoxy) is 1. The minimum Gasteiger partial charge on any atom is -0.384 e. The van der Waals surface area contributed by atoms with Crippen molar-refractivity contribution in [2.45, 2.75) is 13.3 Å². The summed E-state index contributed by atoms with van der Waals surface area (Å²) in [4.78, 5) is 14.4. The molecule has 3 heteroatoms. The first kappa shape index (κ1) is 13.2. The number of benzene rings is 1. The first-order valence-corrected chi connectivity index (χ1v) is 6.51. The van der Waals surface area contributed by atoms with E-state index < -0.39 is 0 Å². The molecule has 0 aromatic heterocycles. The number of carbonyl (C=O) groups excluding carboxylic acids is 1. The maximum absolute atomic E-state index is 12.2. The fraction of sp³-hybridized carbons (Fsp3) is 0.533. The van der Waals surface area contributed by atoms with Gasteiger partial charge in [-0.05, 0) is 31.4 Å². The zero-order valence-electron chi connectivity index (χ0n) is 11.2. The molecule has 18 heavy (non-hydrogen) atoms. The fourth-order valence-electron chi connectivity index (χ4n) is 2.60. The Balaban J connectivity index is 1.91. The summed E-state index contributed by atoms with van der Waals surface area (Å²) in [5, 5.41) is 0. The van der Waals surface area contributed by atoms with Crippen LogP contribution in [0, 0.1) is 12.8 Å². The van der Waals surface area contributed by atoms with Crippen LogP contribution >= 0.6 is 0 Å². The predicted octanol–water partition coefficient (Wildman–Crippen LogP) is 2.15. The third kappa shape index (κ3) is 3.18. The van der Waals surface area contributed by atoms with Gasteiger partial charge in [0.05, 0.1) is 13.2 Å². The first-order chi connectivity index (χ1) is 8.70. The molecule has 1 atom stereocenters. The van der Waals surface area contributed by atoms with Gasteiger partial charge in [0, 0.05) is 19.2 Å². The lowest BCUT2D eigenvalue weighted by Gasteiger charge is -2.15. The second-order valence-corrected chi connectivity index (χ2v) is 5.08. The molecule has 1 aromatic rings.